The third-order valence-corrected chi connectivity index (χ3v) is 9.86. The minimum Gasteiger partial charge on any atom is -0.352 e. The molecule has 46 heavy (non-hydrogen) atoms. The zero-order chi connectivity index (χ0) is 33.4. The summed E-state index contributed by atoms with van der Waals surface area (Å²) in [5.41, 5.74) is 3.12. The van der Waals surface area contributed by atoms with E-state index in [0.717, 1.165) is 15.4 Å². The largest absolute Gasteiger partial charge is 0.352 e. The van der Waals surface area contributed by atoms with Gasteiger partial charge in [0.2, 0.25) is 11.8 Å². The van der Waals surface area contributed by atoms with Crippen LogP contribution in [-0.4, -0.2) is 43.8 Å². The molecule has 0 saturated carbocycles. The number of amides is 2. The molecule has 0 aliphatic carbocycles. The lowest BCUT2D eigenvalue weighted by atomic mass is 10.0. The topological polar surface area (TPSA) is 86.8 Å². The van der Waals surface area contributed by atoms with Crippen molar-refractivity contribution in [3.05, 3.63) is 130 Å². The standard InChI is InChI=1S/C36H39ClFN3O4S/c1-5-27(4)39-36(43)34(22-28-9-7-6-8-10-28)40(23-29-13-16-31(38)17-14-29)35(42)24-41(33-20-15-30(37)21-26(33)3)46(44,45)32-18-11-25(2)12-19-32/h6-21,27,34H,5,22-24H2,1-4H3,(H,39,43)/t27-,34-/m0/s1. The van der Waals surface area contributed by atoms with Crippen LogP contribution < -0.4 is 9.62 Å². The summed E-state index contributed by atoms with van der Waals surface area (Å²) >= 11 is 6.22. The monoisotopic (exact) mass is 663 g/mol. The van der Waals surface area contributed by atoms with Crippen LogP contribution in [-0.2, 0) is 32.6 Å². The maximum Gasteiger partial charge on any atom is 0.264 e. The molecule has 7 nitrogen and oxygen atoms in total. The number of halogens is 2. The molecule has 0 aliphatic heterocycles. The fourth-order valence-corrected chi connectivity index (χ4v) is 6.74. The summed E-state index contributed by atoms with van der Waals surface area (Å²) < 4.78 is 43.4. The van der Waals surface area contributed by atoms with Crippen molar-refractivity contribution in [2.45, 2.75) is 64.1 Å². The number of sulfonamides is 1. The van der Waals surface area contributed by atoms with E-state index in [1.54, 1.807) is 49.4 Å². The molecule has 1 N–H and O–H groups in total. The maximum atomic E-state index is 14.5. The van der Waals surface area contributed by atoms with Crippen molar-refractivity contribution < 1.29 is 22.4 Å². The molecule has 4 aromatic carbocycles. The van der Waals surface area contributed by atoms with E-state index in [-0.39, 0.29) is 35.5 Å². The SMILES string of the molecule is CC[C@H](C)NC(=O)[C@H](Cc1ccccc1)N(Cc1ccc(F)cc1)C(=O)CN(c1ccc(Cl)cc1C)S(=O)(=O)c1ccc(C)cc1. The first-order chi connectivity index (χ1) is 21.9. The summed E-state index contributed by atoms with van der Waals surface area (Å²) in [5, 5.41) is 3.42. The fraction of sp³-hybridized carbons (Fsp3) is 0.278. The van der Waals surface area contributed by atoms with Crippen LogP contribution >= 0.6 is 11.6 Å². The van der Waals surface area contributed by atoms with Gasteiger partial charge in [-0.3, -0.25) is 13.9 Å². The predicted molar refractivity (Wildman–Crippen MR) is 181 cm³/mol. The molecule has 0 aliphatic rings. The highest BCUT2D eigenvalue weighted by atomic mass is 35.5. The third kappa shape index (κ3) is 8.73. The number of anilines is 1. The molecular weight excluding hydrogens is 625 g/mol. The second kappa shape index (κ2) is 15.4. The quantitative estimate of drug-likeness (QED) is 0.170. The van der Waals surface area contributed by atoms with Gasteiger partial charge in [-0.2, -0.15) is 0 Å². The van der Waals surface area contributed by atoms with Crippen LogP contribution in [0.2, 0.25) is 5.02 Å². The number of nitrogens with zero attached hydrogens (tertiary/aromatic N) is 2. The van der Waals surface area contributed by atoms with Crippen LogP contribution in [0.1, 0.15) is 42.5 Å². The highest BCUT2D eigenvalue weighted by Crippen LogP contribution is 2.30. The highest BCUT2D eigenvalue weighted by Gasteiger charge is 2.35. The molecule has 0 unspecified atom stereocenters. The Hall–Kier alpha value is -4.21. The van der Waals surface area contributed by atoms with Gasteiger partial charge in [0, 0.05) is 24.0 Å². The second-order valence-corrected chi connectivity index (χ2v) is 13.7. The third-order valence-electron chi connectivity index (χ3n) is 7.85. The van der Waals surface area contributed by atoms with Gasteiger partial charge in [0.15, 0.2) is 0 Å². The fourth-order valence-electron chi connectivity index (χ4n) is 5.03. The minimum absolute atomic E-state index is 0.0145. The first-order valence-electron chi connectivity index (χ1n) is 15.1. The van der Waals surface area contributed by atoms with E-state index < -0.39 is 34.3 Å². The number of carbonyl (C=O) groups excluding carboxylic acids is 2. The van der Waals surface area contributed by atoms with E-state index in [2.05, 4.69) is 5.32 Å². The van der Waals surface area contributed by atoms with Crippen LogP contribution in [0.15, 0.2) is 102 Å². The van der Waals surface area contributed by atoms with Gasteiger partial charge in [0.25, 0.3) is 10.0 Å². The Morgan fingerprint density at radius 3 is 2.15 bits per heavy atom. The molecule has 2 atom stereocenters. The van der Waals surface area contributed by atoms with Crippen molar-refractivity contribution in [3.8, 4) is 0 Å². The Morgan fingerprint density at radius 2 is 1.54 bits per heavy atom. The zero-order valence-corrected chi connectivity index (χ0v) is 28.0. The highest BCUT2D eigenvalue weighted by molar-refractivity contribution is 7.92. The van der Waals surface area contributed by atoms with Gasteiger partial charge in [-0.15, -0.1) is 0 Å². The van der Waals surface area contributed by atoms with Crippen molar-refractivity contribution in [1.82, 2.24) is 10.2 Å². The van der Waals surface area contributed by atoms with E-state index >= 15 is 0 Å². The average Bonchev–Trinajstić information content (AvgIpc) is 3.03. The van der Waals surface area contributed by atoms with Crippen molar-refractivity contribution in [2.24, 2.45) is 0 Å². The molecule has 0 heterocycles. The Bertz CT molecular complexity index is 1750. The Balaban J connectivity index is 1.83. The lowest BCUT2D eigenvalue weighted by molar-refractivity contribution is -0.140. The summed E-state index contributed by atoms with van der Waals surface area (Å²) in [6, 6.07) is 25.0. The van der Waals surface area contributed by atoms with Crippen molar-refractivity contribution in [3.63, 3.8) is 0 Å². The Morgan fingerprint density at radius 1 is 0.891 bits per heavy atom. The van der Waals surface area contributed by atoms with Crippen LogP contribution in [0.3, 0.4) is 0 Å². The number of hydrogen-bond acceptors (Lipinski definition) is 4. The van der Waals surface area contributed by atoms with E-state index in [9.17, 15) is 22.4 Å². The number of aryl methyl sites for hydroxylation is 2. The summed E-state index contributed by atoms with van der Waals surface area (Å²) in [6.45, 7) is 6.75. The molecule has 0 saturated heterocycles. The van der Waals surface area contributed by atoms with Gasteiger partial charge in [-0.1, -0.05) is 78.7 Å². The van der Waals surface area contributed by atoms with Crippen LogP contribution in [0.4, 0.5) is 10.1 Å². The molecule has 0 fully saturated rings. The van der Waals surface area contributed by atoms with Crippen molar-refractivity contribution in [2.75, 3.05) is 10.8 Å². The molecule has 10 heteroatoms. The molecular formula is C36H39ClFN3O4S. The van der Waals surface area contributed by atoms with E-state index in [1.807, 2.05) is 51.1 Å². The lowest BCUT2D eigenvalue weighted by Gasteiger charge is -2.34. The smallest absolute Gasteiger partial charge is 0.264 e. The molecule has 4 rings (SSSR count). The number of nitrogens with one attached hydrogen (secondary N) is 1. The molecule has 0 radical (unpaired) electrons. The maximum absolute atomic E-state index is 14.5. The van der Waals surface area contributed by atoms with Gasteiger partial charge in [0.05, 0.1) is 10.6 Å². The van der Waals surface area contributed by atoms with E-state index in [0.29, 0.717) is 22.6 Å². The number of rotatable bonds is 13. The number of benzene rings is 4. The van der Waals surface area contributed by atoms with Crippen molar-refractivity contribution in [1.29, 1.82) is 0 Å². The van der Waals surface area contributed by atoms with Crippen molar-refractivity contribution >= 4 is 39.1 Å². The van der Waals surface area contributed by atoms with Gasteiger partial charge >= 0.3 is 0 Å². The molecule has 0 spiro atoms. The molecule has 0 bridgehead atoms. The minimum atomic E-state index is -4.25. The summed E-state index contributed by atoms with van der Waals surface area (Å²) in [7, 11) is -4.25. The predicted octanol–water partition coefficient (Wildman–Crippen LogP) is 6.85. The second-order valence-electron chi connectivity index (χ2n) is 11.4. The average molecular weight is 664 g/mol. The molecule has 2 amide bonds. The molecule has 242 valence electrons. The van der Waals surface area contributed by atoms with Gasteiger partial charge < -0.3 is 10.2 Å². The first-order valence-corrected chi connectivity index (χ1v) is 16.9. The molecule has 4 aromatic rings. The summed E-state index contributed by atoms with van der Waals surface area (Å²) in [4.78, 5) is 29.8. The Labute approximate surface area is 276 Å². The van der Waals surface area contributed by atoms with Crippen LogP contribution in [0.25, 0.3) is 0 Å². The zero-order valence-electron chi connectivity index (χ0n) is 26.4. The number of hydrogen-bond donors (Lipinski definition) is 1. The van der Waals surface area contributed by atoms with E-state index in [1.165, 1.54) is 29.2 Å². The van der Waals surface area contributed by atoms with Gasteiger partial charge in [-0.05, 0) is 86.3 Å². The summed E-state index contributed by atoms with van der Waals surface area (Å²) in [5.74, 6) is -1.41. The number of carbonyl (C=O) groups is 2. The summed E-state index contributed by atoms with van der Waals surface area (Å²) in [6.07, 6.45) is 0.856. The van der Waals surface area contributed by atoms with Gasteiger partial charge in [-0.25, -0.2) is 12.8 Å². The first kappa shape index (κ1) is 34.7. The normalized spacial score (nSPS) is 12.7. The van der Waals surface area contributed by atoms with E-state index in [4.69, 9.17) is 11.6 Å². The molecule has 0 aromatic heterocycles. The van der Waals surface area contributed by atoms with Crippen LogP contribution in [0, 0.1) is 19.7 Å². The Kier molecular flexibility index (Phi) is 11.6. The lowest BCUT2D eigenvalue weighted by Crippen LogP contribution is -2.54. The van der Waals surface area contributed by atoms with Gasteiger partial charge in [0.1, 0.15) is 18.4 Å². The van der Waals surface area contributed by atoms with Crippen LogP contribution in [0.5, 0.6) is 0 Å².